The zero-order valence-corrected chi connectivity index (χ0v) is 15.0. The van der Waals surface area contributed by atoms with Crippen LogP contribution in [0.3, 0.4) is 0 Å². The molecule has 2 rings (SSSR count). The fourth-order valence-corrected chi connectivity index (χ4v) is 1.41. The van der Waals surface area contributed by atoms with E-state index in [-0.39, 0.29) is 40.8 Å². The van der Waals surface area contributed by atoms with Gasteiger partial charge in [0.15, 0.2) is 6.79 Å². The largest absolute Gasteiger partial charge is 0.568 e. The molecule has 1 atom stereocenters. The monoisotopic (exact) mass is 481 g/mol. The van der Waals surface area contributed by atoms with E-state index in [9.17, 15) is 4.79 Å². The van der Waals surface area contributed by atoms with E-state index in [1.165, 1.54) is 0 Å². The summed E-state index contributed by atoms with van der Waals surface area (Å²) >= 11 is 0. The van der Waals surface area contributed by atoms with Crippen LogP contribution in [0.2, 0.25) is 0 Å². The maximum atomic E-state index is 11.4. The summed E-state index contributed by atoms with van der Waals surface area (Å²) in [6, 6.07) is 6.88. The molecule has 1 aromatic rings. The molecule has 7 nitrogen and oxygen atoms in total. The summed E-state index contributed by atoms with van der Waals surface area (Å²) in [6.45, 7) is 2.48. The molecule has 1 aliphatic heterocycles. The van der Waals surface area contributed by atoms with Gasteiger partial charge in [-0.1, -0.05) is 18.2 Å². The molecule has 122 valence electrons. The first kappa shape index (κ1) is 19.1. The molecule has 1 heterocycles. The van der Waals surface area contributed by atoms with Crippen LogP contribution in [0, 0.1) is 6.61 Å². The van der Waals surface area contributed by atoms with Crippen molar-refractivity contribution in [1.29, 1.82) is 0 Å². The molecular weight excluding hydrogens is 464 g/mol. The van der Waals surface area contributed by atoms with Gasteiger partial charge in [0, 0.05) is 34.8 Å². The summed E-state index contributed by atoms with van der Waals surface area (Å²) in [7, 11) is 1.56. The Hall–Kier alpha value is -0.982. The smallest absolute Gasteiger partial charge is 0.515 e. The topological polar surface area (TPSA) is 75.8 Å². The number of epoxide rings is 1. The minimum absolute atomic E-state index is 0. The maximum absolute atomic E-state index is 11.4. The quantitative estimate of drug-likeness (QED) is 0.133. The van der Waals surface area contributed by atoms with Crippen LogP contribution in [0.25, 0.3) is 0 Å². The van der Waals surface area contributed by atoms with Crippen LogP contribution >= 0.6 is 0 Å². The Balaban J connectivity index is 0.00000242. The molecule has 0 aromatic heterocycles. The van der Waals surface area contributed by atoms with Crippen LogP contribution in [0.1, 0.15) is 5.56 Å². The predicted octanol–water partition coefficient (Wildman–Crippen LogP) is 1.85. The third-order valence-electron chi connectivity index (χ3n) is 2.47. The summed E-state index contributed by atoms with van der Waals surface area (Å²) in [6.07, 6.45) is -0.809. The summed E-state index contributed by atoms with van der Waals surface area (Å²) < 4.78 is 29.5. The molecule has 0 spiro atoms. The van der Waals surface area contributed by atoms with Crippen LogP contribution in [0.5, 0.6) is 5.75 Å². The van der Waals surface area contributed by atoms with Crippen molar-refractivity contribution < 1.29 is 54.3 Å². The van der Waals surface area contributed by atoms with Gasteiger partial charge in [0.05, 0.1) is 6.61 Å². The van der Waals surface area contributed by atoms with Gasteiger partial charge in [-0.3, -0.25) is 0 Å². The molecule has 0 aliphatic carbocycles. The fraction of sp³-hybridized carbons (Fsp3) is 0.429. The van der Waals surface area contributed by atoms with Gasteiger partial charge in [-0.2, -0.15) is 6.61 Å². The van der Waals surface area contributed by atoms with Crippen LogP contribution in [0.4, 0.5) is 4.79 Å². The molecule has 0 saturated carbocycles. The van der Waals surface area contributed by atoms with Crippen LogP contribution < -0.4 is 4.74 Å². The van der Waals surface area contributed by atoms with Crippen molar-refractivity contribution in [2.24, 2.45) is 0 Å². The van der Waals surface area contributed by atoms with Crippen molar-refractivity contribution >= 4 is 6.16 Å². The van der Waals surface area contributed by atoms with E-state index in [0.717, 1.165) is 5.56 Å². The summed E-state index contributed by atoms with van der Waals surface area (Å²) in [4.78, 5) is 11.4. The SMILES string of the molecule is COCOCc1ccc(OC(=O)OCOCC2[CH-]O2)cc1.[W]. The maximum Gasteiger partial charge on any atom is 0.515 e. The Kier molecular flexibility index (Phi) is 9.27. The average Bonchev–Trinajstić information content (AvgIpc) is 3.30. The van der Waals surface area contributed by atoms with Crippen molar-refractivity contribution in [3.05, 3.63) is 36.4 Å². The van der Waals surface area contributed by atoms with Gasteiger partial charge in [0.2, 0.25) is 0 Å². The predicted molar refractivity (Wildman–Crippen MR) is 70.2 cm³/mol. The number of methoxy groups -OCH3 is 1. The third kappa shape index (κ3) is 7.87. The number of hydrogen-bond donors (Lipinski definition) is 0. The first-order chi connectivity index (χ1) is 10.3. The minimum atomic E-state index is -0.820. The Morgan fingerprint density at radius 2 is 1.95 bits per heavy atom. The van der Waals surface area contributed by atoms with Gasteiger partial charge >= 0.3 is 6.16 Å². The molecule has 1 fully saturated rings. The minimum Gasteiger partial charge on any atom is -0.568 e. The van der Waals surface area contributed by atoms with Crippen molar-refractivity contribution in [2.45, 2.75) is 12.7 Å². The summed E-state index contributed by atoms with van der Waals surface area (Å²) in [5, 5.41) is 0. The van der Waals surface area contributed by atoms with Gasteiger partial charge in [-0.25, -0.2) is 4.79 Å². The third-order valence-corrected chi connectivity index (χ3v) is 2.47. The van der Waals surface area contributed by atoms with Gasteiger partial charge in [-0.05, 0) is 17.7 Å². The number of benzene rings is 1. The Morgan fingerprint density at radius 1 is 1.23 bits per heavy atom. The van der Waals surface area contributed by atoms with Crippen molar-refractivity contribution in [3.63, 3.8) is 0 Å². The second-order valence-electron chi connectivity index (χ2n) is 4.19. The Morgan fingerprint density at radius 3 is 2.59 bits per heavy atom. The zero-order chi connectivity index (χ0) is 14.9. The van der Waals surface area contributed by atoms with Gasteiger partial charge < -0.3 is 28.4 Å². The van der Waals surface area contributed by atoms with E-state index >= 15 is 0 Å². The molecule has 1 aliphatic rings. The number of rotatable bonds is 9. The molecule has 1 unspecified atom stereocenters. The van der Waals surface area contributed by atoms with Gasteiger partial charge in [0.1, 0.15) is 12.5 Å². The summed E-state index contributed by atoms with van der Waals surface area (Å²) in [5.41, 5.74) is 0.941. The van der Waals surface area contributed by atoms with Crippen molar-refractivity contribution in [2.75, 3.05) is 27.3 Å². The molecule has 1 aromatic carbocycles. The first-order valence-corrected chi connectivity index (χ1v) is 6.34. The molecular formula is C14H17O7W-. The molecule has 0 bridgehead atoms. The molecule has 1 saturated heterocycles. The summed E-state index contributed by atoms with van der Waals surface area (Å²) in [5.74, 6) is 0.384. The number of hydrogen-bond acceptors (Lipinski definition) is 7. The van der Waals surface area contributed by atoms with E-state index in [1.54, 1.807) is 38.0 Å². The van der Waals surface area contributed by atoms with Crippen LogP contribution in [-0.4, -0.2) is 39.6 Å². The van der Waals surface area contributed by atoms with E-state index in [2.05, 4.69) is 0 Å². The molecule has 22 heavy (non-hydrogen) atoms. The van der Waals surface area contributed by atoms with Gasteiger partial charge in [0.25, 0.3) is 0 Å². The van der Waals surface area contributed by atoms with Crippen molar-refractivity contribution in [3.8, 4) is 5.75 Å². The molecule has 8 heteroatoms. The Labute approximate surface area is 143 Å². The standard InChI is InChI=1S/C14H17O7.W/c1-16-9-17-6-11-2-4-12(5-3-11)21-14(15)20-10-18-7-13-8-19-13;/h2-5,8,13H,6-7,9-10H2,1H3;/q-1;. The molecule has 0 radical (unpaired) electrons. The van der Waals surface area contributed by atoms with E-state index in [4.69, 9.17) is 28.4 Å². The first-order valence-electron chi connectivity index (χ1n) is 6.34. The number of carbonyl (C=O) groups excluding carboxylic acids is 1. The van der Waals surface area contributed by atoms with E-state index in [0.29, 0.717) is 19.0 Å². The fourth-order valence-electron chi connectivity index (χ4n) is 1.41. The van der Waals surface area contributed by atoms with Crippen LogP contribution in [0.15, 0.2) is 24.3 Å². The molecule has 0 amide bonds. The van der Waals surface area contributed by atoms with E-state index < -0.39 is 6.16 Å². The normalized spacial score (nSPS) is 15.8. The average molecular weight is 481 g/mol. The zero-order valence-electron chi connectivity index (χ0n) is 12.1. The number of ether oxygens (including phenoxy) is 6. The van der Waals surface area contributed by atoms with E-state index in [1.807, 2.05) is 0 Å². The Bertz CT molecular complexity index is 433. The van der Waals surface area contributed by atoms with Crippen molar-refractivity contribution in [1.82, 2.24) is 0 Å². The second kappa shape index (κ2) is 10.7. The second-order valence-corrected chi connectivity index (χ2v) is 4.19. The number of carbonyl (C=O) groups is 1. The van der Waals surface area contributed by atoms with Crippen LogP contribution in [-0.2, 0) is 51.4 Å². The molecule has 0 N–H and O–H groups in total. The van der Waals surface area contributed by atoms with Gasteiger partial charge in [-0.15, -0.1) is 0 Å².